The number of aromatic nitrogens is 6. The van der Waals surface area contributed by atoms with Crippen molar-refractivity contribution in [2.24, 2.45) is 0 Å². The maximum absolute atomic E-state index is 4.57. The highest BCUT2D eigenvalue weighted by Crippen LogP contribution is 2.21. The summed E-state index contributed by atoms with van der Waals surface area (Å²) < 4.78 is 0. The zero-order chi connectivity index (χ0) is 19.9. The van der Waals surface area contributed by atoms with E-state index in [1.807, 2.05) is 36.7 Å². The van der Waals surface area contributed by atoms with Crippen LogP contribution in [0.3, 0.4) is 0 Å². The molecule has 2 N–H and O–H groups in total. The smallest absolute Gasteiger partial charge is 0.211 e. The maximum Gasteiger partial charge on any atom is 0.211 e. The Kier molecular flexibility index (Phi) is 3.79. The molecule has 4 aromatic heterocycles. The number of pyridine rings is 2. The summed E-state index contributed by atoms with van der Waals surface area (Å²) in [6.45, 7) is 3.34. The van der Waals surface area contributed by atoms with Crippen molar-refractivity contribution in [1.29, 1.82) is 0 Å². The summed E-state index contributed by atoms with van der Waals surface area (Å²) in [6, 6.07) is 7.79. The first-order chi connectivity index (χ1) is 14.8. The first kappa shape index (κ1) is 16.8. The molecule has 0 atom stereocenters. The number of fused-ring (bicyclic) bond motifs is 2. The van der Waals surface area contributed by atoms with Gasteiger partial charge in [0.15, 0.2) is 11.3 Å². The van der Waals surface area contributed by atoms with E-state index in [-0.39, 0.29) is 0 Å². The van der Waals surface area contributed by atoms with Gasteiger partial charge in [0.2, 0.25) is 11.9 Å². The molecule has 0 aromatic carbocycles. The summed E-state index contributed by atoms with van der Waals surface area (Å²) in [5.41, 5.74) is 3.37. The van der Waals surface area contributed by atoms with E-state index in [1.54, 1.807) is 12.4 Å². The Morgan fingerprint density at radius 1 is 0.700 bits per heavy atom. The van der Waals surface area contributed by atoms with E-state index < -0.39 is 0 Å². The lowest BCUT2D eigenvalue weighted by Crippen LogP contribution is -2.34. The largest absolute Gasteiger partial charge is 0.356 e. The summed E-state index contributed by atoms with van der Waals surface area (Å²) in [5.74, 6) is 1.63. The molecule has 2 aliphatic heterocycles. The van der Waals surface area contributed by atoms with E-state index in [1.165, 1.54) is 0 Å². The van der Waals surface area contributed by atoms with E-state index >= 15 is 0 Å². The second kappa shape index (κ2) is 6.76. The minimum absolute atomic E-state index is 0.738. The summed E-state index contributed by atoms with van der Waals surface area (Å²) in [6.07, 6.45) is 11.8. The molecule has 6 rings (SSSR count). The van der Waals surface area contributed by atoms with E-state index in [2.05, 4.69) is 61.9 Å². The van der Waals surface area contributed by atoms with Crippen molar-refractivity contribution >= 4 is 34.2 Å². The minimum Gasteiger partial charge on any atom is -0.356 e. The van der Waals surface area contributed by atoms with Gasteiger partial charge in [0.1, 0.15) is 0 Å². The molecule has 0 spiro atoms. The Morgan fingerprint density at radius 2 is 1.20 bits per heavy atom. The van der Waals surface area contributed by atoms with Crippen LogP contribution in [0.1, 0.15) is 0 Å². The summed E-state index contributed by atoms with van der Waals surface area (Å²) >= 11 is 0. The number of anilines is 2. The number of rotatable bonds is 5. The molecular weight excluding hydrogens is 380 g/mol. The third-order valence-corrected chi connectivity index (χ3v) is 5.29. The summed E-state index contributed by atoms with van der Waals surface area (Å²) in [7, 11) is 0. The second-order valence-corrected chi connectivity index (χ2v) is 7.31. The van der Waals surface area contributed by atoms with Gasteiger partial charge >= 0.3 is 0 Å². The molecule has 0 saturated heterocycles. The average molecular weight is 400 g/mol. The molecule has 10 heteroatoms. The van der Waals surface area contributed by atoms with Gasteiger partial charge in [-0.2, -0.15) is 9.97 Å². The molecule has 2 aliphatic rings. The molecule has 0 radical (unpaired) electrons. The SMILES string of the molecule is C1=CN(c2nc3ncccc3[nH]2)CN1CCN1C=CN(c2nc3ncccc3[nH]2)C1. The Morgan fingerprint density at radius 3 is 1.67 bits per heavy atom. The number of aromatic amines is 2. The molecule has 10 nitrogen and oxygen atoms in total. The minimum atomic E-state index is 0.738. The first-order valence-corrected chi connectivity index (χ1v) is 9.81. The molecule has 30 heavy (non-hydrogen) atoms. The van der Waals surface area contributed by atoms with Gasteiger partial charge in [0.05, 0.1) is 24.4 Å². The van der Waals surface area contributed by atoms with Gasteiger partial charge in [-0.1, -0.05) is 0 Å². The standard InChI is InChI=1S/C20H20N10/c1-3-15-17(21-5-1)25-19(23-15)29-11-9-27(13-29)7-8-28-10-12-30(14-28)20-24-16-4-2-6-22-18(16)26-20/h1-6,9-12H,7-8,13-14H2,(H,21,23,25)(H,22,24,26). The van der Waals surface area contributed by atoms with Crippen molar-refractivity contribution in [2.45, 2.75) is 0 Å². The molecule has 0 unspecified atom stereocenters. The van der Waals surface area contributed by atoms with Gasteiger partial charge < -0.3 is 19.8 Å². The molecule has 0 fully saturated rings. The molecular formula is C20H20N10. The monoisotopic (exact) mass is 400 g/mol. The second-order valence-electron chi connectivity index (χ2n) is 7.31. The summed E-state index contributed by atoms with van der Waals surface area (Å²) in [5, 5.41) is 0. The molecule has 0 saturated carbocycles. The van der Waals surface area contributed by atoms with Crippen LogP contribution in [0, 0.1) is 0 Å². The van der Waals surface area contributed by atoms with Crippen molar-refractivity contribution in [1.82, 2.24) is 39.7 Å². The lowest BCUT2D eigenvalue weighted by atomic mass is 10.4. The fourth-order valence-corrected chi connectivity index (χ4v) is 3.69. The van der Waals surface area contributed by atoms with E-state index in [4.69, 9.17) is 0 Å². The predicted molar refractivity (Wildman–Crippen MR) is 114 cm³/mol. The van der Waals surface area contributed by atoms with Crippen LogP contribution in [0.15, 0.2) is 61.5 Å². The van der Waals surface area contributed by atoms with Crippen LogP contribution in [0.4, 0.5) is 11.9 Å². The molecule has 150 valence electrons. The van der Waals surface area contributed by atoms with E-state index in [0.29, 0.717) is 0 Å². The Labute approximate surface area is 172 Å². The fourth-order valence-electron chi connectivity index (χ4n) is 3.69. The fraction of sp³-hybridized carbons (Fsp3) is 0.200. The Hall–Kier alpha value is -4.08. The molecule has 0 amide bonds. The third kappa shape index (κ3) is 2.98. The number of nitrogens with zero attached hydrogens (tertiary/aromatic N) is 8. The number of hydrogen-bond donors (Lipinski definition) is 2. The van der Waals surface area contributed by atoms with Crippen LogP contribution >= 0.6 is 0 Å². The van der Waals surface area contributed by atoms with Crippen LogP contribution in [-0.4, -0.2) is 66.1 Å². The highest BCUT2D eigenvalue weighted by molar-refractivity contribution is 5.74. The highest BCUT2D eigenvalue weighted by Gasteiger charge is 2.20. The van der Waals surface area contributed by atoms with Gasteiger partial charge in [-0.05, 0) is 24.3 Å². The maximum atomic E-state index is 4.57. The van der Waals surface area contributed by atoms with Gasteiger partial charge in [0.25, 0.3) is 0 Å². The van der Waals surface area contributed by atoms with Crippen molar-refractivity contribution in [2.75, 3.05) is 36.2 Å². The number of nitrogens with one attached hydrogen (secondary N) is 2. The van der Waals surface area contributed by atoms with Gasteiger partial charge in [-0.25, -0.2) is 9.97 Å². The lowest BCUT2D eigenvalue weighted by molar-refractivity contribution is 0.321. The first-order valence-electron chi connectivity index (χ1n) is 9.81. The topological polar surface area (TPSA) is 96.1 Å². The molecule has 0 aliphatic carbocycles. The van der Waals surface area contributed by atoms with Crippen LogP contribution in [0.5, 0.6) is 0 Å². The third-order valence-electron chi connectivity index (χ3n) is 5.29. The van der Waals surface area contributed by atoms with Crippen LogP contribution in [0.2, 0.25) is 0 Å². The Bertz CT molecular complexity index is 1090. The van der Waals surface area contributed by atoms with Gasteiger partial charge in [-0.15, -0.1) is 0 Å². The van der Waals surface area contributed by atoms with Gasteiger partial charge in [-0.3, -0.25) is 9.80 Å². The quantitative estimate of drug-likeness (QED) is 0.525. The molecule has 6 heterocycles. The van der Waals surface area contributed by atoms with Crippen molar-refractivity contribution < 1.29 is 0 Å². The van der Waals surface area contributed by atoms with E-state index in [9.17, 15) is 0 Å². The number of imidazole rings is 2. The Balaban J connectivity index is 1.04. The van der Waals surface area contributed by atoms with Crippen molar-refractivity contribution in [3.63, 3.8) is 0 Å². The van der Waals surface area contributed by atoms with Crippen LogP contribution < -0.4 is 9.80 Å². The zero-order valence-corrected chi connectivity index (χ0v) is 16.2. The van der Waals surface area contributed by atoms with E-state index in [0.717, 1.165) is 60.7 Å². The predicted octanol–water partition coefficient (Wildman–Crippen LogP) is 2.03. The average Bonchev–Trinajstić information content (AvgIpc) is 3.56. The summed E-state index contributed by atoms with van der Waals surface area (Å²) in [4.78, 5) is 33.1. The highest BCUT2D eigenvalue weighted by atomic mass is 15.4. The zero-order valence-electron chi connectivity index (χ0n) is 16.2. The normalized spacial score (nSPS) is 16.1. The molecule has 0 bridgehead atoms. The molecule has 4 aromatic rings. The number of H-pyrrole nitrogens is 2. The van der Waals surface area contributed by atoms with Gasteiger partial charge in [0, 0.05) is 50.3 Å². The van der Waals surface area contributed by atoms with Crippen molar-refractivity contribution in [3.05, 3.63) is 61.5 Å². The van der Waals surface area contributed by atoms with Crippen molar-refractivity contribution in [3.8, 4) is 0 Å². The number of hydrogen-bond acceptors (Lipinski definition) is 8. The van der Waals surface area contributed by atoms with Crippen LogP contribution in [0.25, 0.3) is 22.3 Å². The van der Waals surface area contributed by atoms with Crippen LogP contribution in [-0.2, 0) is 0 Å². The lowest BCUT2D eigenvalue weighted by Gasteiger charge is -2.24.